The number of halogens is 1. The lowest BCUT2D eigenvalue weighted by Gasteiger charge is -2.20. The SMILES string of the molecule is Cc1ccc(NCCN2CCc3ccccc32)cc1Cl. The Kier molecular flexibility index (Phi) is 3.83. The topological polar surface area (TPSA) is 15.3 Å². The molecule has 0 aliphatic carbocycles. The van der Waals surface area contributed by atoms with E-state index in [2.05, 4.69) is 46.6 Å². The second-order valence-corrected chi connectivity index (χ2v) is 5.66. The molecule has 1 aliphatic rings. The molecular weight excluding hydrogens is 268 g/mol. The van der Waals surface area contributed by atoms with Crippen LogP contribution in [0.25, 0.3) is 0 Å². The van der Waals surface area contributed by atoms with Crippen LogP contribution >= 0.6 is 11.6 Å². The van der Waals surface area contributed by atoms with E-state index in [-0.39, 0.29) is 0 Å². The lowest BCUT2D eigenvalue weighted by Crippen LogP contribution is -2.27. The Hall–Kier alpha value is -1.67. The van der Waals surface area contributed by atoms with Gasteiger partial charge in [-0.05, 0) is 42.7 Å². The van der Waals surface area contributed by atoms with Gasteiger partial charge in [-0.2, -0.15) is 0 Å². The first kappa shape index (κ1) is 13.3. The highest BCUT2D eigenvalue weighted by Crippen LogP contribution is 2.27. The van der Waals surface area contributed by atoms with Crippen LogP contribution in [0.3, 0.4) is 0 Å². The van der Waals surface area contributed by atoms with Crippen LogP contribution in [0, 0.1) is 6.92 Å². The normalized spacial score (nSPS) is 13.4. The maximum absolute atomic E-state index is 6.14. The van der Waals surface area contributed by atoms with E-state index in [0.29, 0.717) is 0 Å². The summed E-state index contributed by atoms with van der Waals surface area (Å²) in [6.07, 6.45) is 1.16. The van der Waals surface area contributed by atoms with Crippen molar-refractivity contribution in [1.29, 1.82) is 0 Å². The third kappa shape index (κ3) is 2.75. The van der Waals surface area contributed by atoms with Gasteiger partial charge in [0.15, 0.2) is 0 Å². The Morgan fingerprint density at radius 2 is 2.05 bits per heavy atom. The second kappa shape index (κ2) is 5.76. The molecule has 0 saturated carbocycles. The van der Waals surface area contributed by atoms with Gasteiger partial charge in [0.25, 0.3) is 0 Å². The van der Waals surface area contributed by atoms with Gasteiger partial charge >= 0.3 is 0 Å². The molecule has 0 fully saturated rings. The number of anilines is 2. The van der Waals surface area contributed by atoms with Crippen LogP contribution < -0.4 is 10.2 Å². The minimum atomic E-state index is 0.821. The van der Waals surface area contributed by atoms with E-state index >= 15 is 0 Å². The molecule has 2 aromatic rings. The first-order valence-corrected chi connectivity index (χ1v) is 7.45. The zero-order valence-corrected chi connectivity index (χ0v) is 12.5. The lowest BCUT2D eigenvalue weighted by atomic mass is 10.2. The molecule has 0 bridgehead atoms. The molecule has 0 spiro atoms. The molecule has 0 amide bonds. The van der Waals surface area contributed by atoms with Crippen molar-refractivity contribution in [3.8, 4) is 0 Å². The van der Waals surface area contributed by atoms with Crippen LogP contribution in [-0.2, 0) is 6.42 Å². The number of benzene rings is 2. The average Bonchev–Trinajstić information content (AvgIpc) is 2.86. The van der Waals surface area contributed by atoms with Gasteiger partial charge in [-0.15, -0.1) is 0 Å². The number of rotatable bonds is 4. The molecule has 0 saturated heterocycles. The molecule has 1 aliphatic heterocycles. The monoisotopic (exact) mass is 286 g/mol. The number of nitrogens with one attached hydrogen (secondary N) is 1. The summed E-state index contributed by atoms with van der Waals surface area (Å²) >= 11 is 6.14. The third-order valence-corrected chi connectivity index (χ3v) is 4.27. The second-order valence-electron chi connectivity index (χ2n) is 5.26. The summed E-state index contributed by atoms with van der Waals surface area (Å²) in [6, 6.07) is 14.8. The predicted octanol–water partition coefficient (Wildman–Crippen LogP) is 4.12. The maximum atomic E-state index is 6.14. The quantitative estimate of drug-likeness (QED) is 0.909. The van der Waals surface area contributed by atoms with Crippen molar-refractivity contribution in [2.75, 3.05) is 29.9 Å². The third-order valence-electron chi connectivity index (χ3n) is 3.87. The number of aryl methyl sites for hydroxylation is 1. The molecule has 2 nitrogen and oxygen atoms in total. The highest BCUT2D eigenvalue weighted by Gasteiger charge is 2.17. The van der Waals surface area contributed by atoms with Crippen LogP contribution in [0.1, 0.15) is 11.1 Å². The van der Waals surface area contributed by atoms with Crippen molar-refractivity contribution in [2.45, 2.75) is 13.3 Å². The highest BCUT2D eigenvalue weighted by atomic mass is 35.5. The van der Waals surface area contributed by atoms with Crippen LogP contribution in [0.2, 0.25) is 5.02 Å². The number of para-hydroxylation sites is 1. The first-order valence-electron chi connectivity index (χ1n) is 7.07. The molecule has 0 atom stereocenters. The Morgan fingerprint density at radius 3 is 2.90 bits per heavy atom. The van der Waals surface area contributed by atoms with Gasteiger partial charge in [-0.1, -0.05) is 35.9 Å². The Balaban J connectivity index is 1.57. The molecule has 3 heteroatoms. The van der Waals surface area contributed by atoms with Crippen molar-refractivity contribution in [3.05, 3.63) is 58.6 Å². The Morgan fingerprint density at radius 1 is 1.20 bits per heavy atom. The van der Waals surface area contributed by atoms with Gasteiger partial charge in [-0.3, -0.25) is 0 Å². The molecular formula is C17H19ClN2. The summed E-state index contributed by atoms with van der Waals surface area (Å²) in [5, 5.41) is 4.27. The molecule has 3 rings (SSSR count). The number of fused-ring (bicyclic) bond motifs is 1. The van der Waals surface area contributed by atoms with E-state index in [1.807, 2.05) is 13.0 Å². The van der Waals surface area contributed by atoms with E-state index in [1.54, 1.807) is 0 Å². The minimum Gasteiger partial charge on any atom is -0.383 e. The zero-order valence-electron chi connectivity index (χ0n) is 11.7. The van der Waals surface area contributed by atoms with Gasteiger partial charge in [0.1, 0.15) is 0 Å². The van der Waals surface area contributed by atoms with Gasteiger partial charge in [-0.25, -0.2) is 0 Å². The molecule has 0 radical (unpaired) electrons. The van der Waals surface area contributed by atoms with E-state index in [9.17, 15) is 0 Å². The lowest BCUT2D eigenvalue weighted by molar-refractivity contribution is 0.839. The summed E-state index contributed by atoms with van der Waals surface area (Å²) in [6.45, 7) is 5.08. The van der Waals surface area contributed by atoms with Crippen LogP contribution in [0.4, 0.5) is 11.4 Å². The van der Waals surface area contributed by atoms with Gasteiger partial charge in [0.2, 0.25) is 0 Å². The Bertz CT molecular complexity index is 610. The van der Waals surface area contributed by atoms with Crippen LogP contribution in [0.15, 0.2) is 42.5 Å². The molecule has 104 valence electrons. The molecule has 0 aromatic heterocycles. The van der Waals surface area contributed by atoms with Crippen molar-refractivity contribution in [3.63, 3.8) is 0 Å². The summed E-state index contributed by atoms with van der Waals surface area (Å²) in [4.78, 5) is 2.44. The van der Waals surface area contributed by atoms with Crippen LogP contribution in [-0.4, -0.2) is 19.6 Å². The molecule has 1 heterocycles. The predicted molar refractivity (Wildman–Crippen MR) is 87.0 cm³/mol. The number of hydrogen-bond acceptors (Lipinski definition) is 2. The molecule has 20 heavy (non-hydrogen) atoms. The van der Waals surface area contributed by atoms with E-state index in [0.717, 1.165) is 42.3 Å². The van der Waals surface area contributed by atoms with Crippen LogP contribution in [0.5, 0.6) is 0 Å². The zero-order chi connectivity index (χ0) is 13.9. The fourth-order valence-electron chi connectivity index (χ4n) is 2.68. The fraction of sp³-hybridized carbons (Fsp3) is 0.294. The van der Waals surface area contributed by atoms with E-state index < -0.39 is 0 Å². The minimum absolute atomic E-state index is 0.821. The van der Waals surface area contributed by atoms with E-state index in [4.69, 9.17) is 11.6 Å². The molecule has 2 aromatic carbocycles. The number of hydrogen-bond donors (Lipinski definition) is 1. The van der Waals surface area contributed by atoms with Gasteiger partial charge in [0.05, 0.1) is 0 Å². The average molecular weight is 287 g/mol. The van der Waals surface area contributed by atoms with Gasteiger partial charge in [0, 0.05) is 36.0 Å². The molecule has 1 N–H and O–H groups in total. The Labute approximate surface area is 125 Å². The smallest absolute Gasteiger partial charge is 0.0455 e. The first-order chi connectivity index (χ1) is 9.74. The maximum Gasteiger partial charge on any atom is 0.0455 e. The highest BCUT2D eigenvalue weighted by molar-refractivity contribution is 6.31. The molecule has 0 unspecified atom stereocenters. The van der Waals surface area contributed by atoms with Crippen molar-refractivity contribution in [2.24, 2.45) is 0 Å². The summed E-state index contributed by atoms with van der Waals surface area (Å²) in [7, 11) is 0. The largest absolute Gasteiger partial charge is 0.383 e. The van der Waals surface area contributed by atoms with Crippen molar-refractivity contribution in [1.82, 2.24) is 0 Å². The van der Waals surface area contributed by atoms with Gasteiger partial charge < -0.3 is 10.2 Å². The fourth-order valence-corrected chi connectivity index (χ4v) is 2.86. The standard InChI is InChI=1S/C17H19ClN2/c1-13-6-7-15(12-16(13)18)19-9-11-20-10-8-14-4-2-3-5-17(14)20/h2-7,12,19H,8-11H2,1H3. The summed E-state index contributed by atoms with van der Waals surface area (Å²) in [5.41, 5.74) is 5.06. The number of nitrogens with zero attached hydrogens (tertiary/aromatic N) is 1. The van der Waals surface area contributed by atoms with Crippen molar-refractivity contribution >= 4 is 23.0 Å². The summed E-state index contributed by atoms with van der Waals surface area (Å²) < 4.78 is 0. The summed E-state index contributed by atoms with van der Waals surface area (Å²) in [5.74, 6) is 0. The van der Waals surface area contributed by atoms with Crippen molar-refractivity contribution < 1.29 is 0 Å². The van der Waals surface area contributed by atoms with E-state index in [1.165, 1.54) is 11.3 Å².